The number of carbonyl (C=O) groups excluding carboxylic acids is 1. The molecule has 1 amide bonds. The van der Waals surface area contributed by atoms with Crippen molar-refractivity contribution in [3.8, 4) is 5.75 Å². The molecule has 20 heavy (non-hydrogen) atoms. The highest BCUT2D eigenvalue weighted by Crippen LogP contribution is 2.36. The summed E-state index contributed by atoms with van der Waals surface area (Å²) < 4.78 is 5.35. The number of carbonyl (C=O) groups is 1. The Kier molecular flexibility index (Phi) is 4.34. The summed E-state index contributed by atoms with van der Waals surface area (Å²) in [6.45, 7) is 1.97. The third-order valence-electron chi connectivity index (χ3n) is 3.27. The highest BCUT2D eigenvalue weighted by Gasteiger charge is 2.19. The van der Waals surface area contributed by atoms with Crippen LogP contribution < -0.4 is 20.7 Å². The molecule has 0 aromatic heterocycles. The van der Waals surface area contributed by atoms with Crippen LogP contribution in [-0.2, 0) is 4.79 Å². The maximum Gasteiger partial charge on any atom is 0.262 e. The van der Waals surface area contributed by atoms with Gasteiger partial charge in [0.05, 0.1) is 17.1 Å². The first-order valence-corrected chi connectivity index (χ1v) is 6.69. The van der Waals surface area contributed by atoms with E-state index < -0.39 is 0 Å². The highest BCUT2D eigenvalue weighted by atomic mass is 16.5. The zero-order valence-electron chi connectivity index (χ0n) is 12.3. The van der Waals surface area contributed by atoms with Gasteiger partial charge in [0.1, 0.15) is 5.75 Å². The van der Waals surface area contributed by atoms with Crippen LogP contribution >= 0.6 is 0 Å². The van der Waals surface area contributed by atoms with Crippen molar-refractivity contribution >= 4 is 23.0 Å². The topological polar surface area (TPSA) is 70.8 Å². The predicted octanol–water partition coefficient (Wildman–Crippen LogP) is 0.988. The van der Waals surface area contributed by atoms with Gasteiger partial charge >= 0.3 is 0 Å². The number of fused-ring (bicyclic) bond motifs is 1. The van der Waals surface area contributed by atoms with Crippen LogP contribution in [0.1, 0.15) is 6.42 Å². The molecular weight excluding hydrogens is 256 g/mol. The lowest BCUT2D eigenvalue weighted by atomic mass is 10.2. The van der Waals surface area contributed by atoms with E-state index in [2.05, 4.69) is 29.2 Å². The van der Waals surface area contributed by atoms with Crippen LogP contribution in [0.4, 0.5) is 17.1 Å². The molecule has 0 radical (unpaired) electrons. The smallest absolute Gasteiger partial charge is 0.262 e. The molecule has 0 aliphatic carbocycles. The molecule has 110 valence electrons. The summed E-state index contributed by atoms with van der Waals surface area (Å²) in [5.74, 6) is 0.496. The Morgan fingerprint density at radius 1 is 1.30 bits per heavy atom. The number of hydrogen-bond acceptors (Lipinski definition) is 5. The molecule has 0 unspecified atom stereocenters. The van der Waals surface area contributed by atoms with Crippen molar-refractivity contribution < 1.29 is 9.53 Å². The van der Waals surface area contributed by atoms with Gasteiger partial charge in [-0.3, -0.25) is 4.79 Å². The van der Waals surface area contributed by atoms with Gasteiger partial charge in [-0.1, -0.05) is 0 Å². The zero-order chi connectivity index (χ0) is 14.7. The molecule has 1 aromatic rings. The maximum atomic E-state index is 11.4. The van der Waals surface area contributed by atoms with Gasteiger partial charge in [-0.05, 0) is 33.1 Å². The molecule has 6 nitrogen and oxygen atoms in total. The van der Waals surface area contributed by atoms with Crippen molar-refractivity contribution in [2.75, 3.05) is 56.8 Å². The summed E-state index contributed by atoms with van der Waals surface area (Å²) in [6, 6.07) is 3.64. The first-order chi connectivity index (χ1) is 9.47. The van der Waals surface area contributed by atoms with Gasteiger partial charge in [0, 0.05) is 19.7 Å². The van der Waals surface area contributed by atoms with Crippen LogP contribution in [0.5, 0.6) is 5.75 Å². The Bertz CT molecular complexity index is 502. The van der Waals surface area contributed by atoms with Crippen molar-refractivity contribution in [1.82, 2.24) is 4.90 Å². The van der Waals surface area contributed by atoms with Crippen LogP contribution in [-0.4, -0.2) is 51.6 Å². The monoisotopic (exact) mass is 278 g/mol. The SMILES string of the molecule is CN(C)CCCN(C)c1cc2c(cc1N)OCC(=O)N2. The zero-order valence-corrected chi connectivity index (χ0v) is 12.3. The number of nitrogen functional groups attached to an aromatic ring is 1. The highest BCUT2D eigenvalue weighted by molar-refractivity contribution is 5.97. The van der Waals surface area contributed by atoms with Crippen LogP contribution in [0.15, 0.2) is 12.1 Å². The third-order valence-corrected chi connectivity index (χ3v) is 3.27. The van der Waals surface area contributed by atoms with E-state index in [0.29, 0.717) is 17.1 Å². The van der Waals surface area contributed by atoms with Crippen molar-refractivity contribution in [2.45, 2.75) is 6.42 Å². The van der Waals surface area contributed by atoms with Crippen molar-refractivity contribution in [1.29, 1.82) is 0 Å². The van der Waals surface area contributed by atoms with Gasteiger partial charge in [0.2, 0.25) is 0 Å². The number of amides is 1. The Hall–Kier alpha value is -1.95. The van der Waals surface area contributed by atoms with E-state index in [0.717, 1.165) is 25.2 Å². The number of hydrogen-bond donors (Lipinski definition) is 2. The molecule has 0 bridgehead atoms. The molecule has 3 N–H and O–H groups in total. The fourth-order valence-electron chi connectivity index (χ4n) is 2.21. The number of nitrogens with one attached hydrogen (secondary N) is 1. The molecule has 2 rings (SSSR count). The van der Waals surface area contributed by atoms with Crippen LogP contribution in [0, 0.1) is 0 Å². The normalized spacial score (nSPS) is 13.7. The van der Waals surface area contributed by atoms with Gasteiger partial charge in [-0.25, -0.2) is 0 Å². The average Bonchev–Trinajstić information content (AvgIpc) is 2.38. The average molecular weight is 278 g/mol. The predicted molar refractivity (Wildman–Crippen MR) is 81.4 cm³/mol. The number of nitrogens with zero attached hydrogens (tertiary/aromatic N) is 2. The number of anilines is 3. The fraction of sp³-hybridized carbons (Fsp3) is 0.500. The first kappa shape index (κ1) is 14.5. The molecule has 0 spiro atoms. The number of benzene rings is 1. The number of rotatable bonds is 5. The summed E-state index contributed by atoms with van der Waals surface area (Å²) in [5.41, 5.74) is 8.32. The van der Waals surface area contributed by atoms with Crippen molar-refractivity contribution in [3.05, 3.63) is 12.1 Å². The van der Waals surface area contributed by atoms with Gasteiger partial charge in [0.25, 0.3) is 5.91 Å². The van der Waals surface area contributed by atoms with Crippen molar-refractivity contribution in [3.63, 3.8) is 0 Å². The summed E-state index contributed by atoms with van der Waals surface area (Å²) in [7, 11) is 6.11. The quantitative estimate of drug-likeness (QED) is 0.786. The molecule has 6 heteroatoms. The summed E-state index contributed by atoms with van der Waals surface area (Å²) in [4.78, 5) is 15.6. The van der Waals surface area contributed by atoms with E-state index in [1.807, 2.05) is 13.1 Å². The van der Waals surface area contributed by atoms with E-state index in [4.69, 9.17) is 10.5 Å². The lowest BCUT2D eigenvalue weighted by Crippen LogP contribution is -2.27. The Morgan fingerprint density at radius 2 is 2.05 bits per heavy atom. The Labute approximate surface area is 119 Å². The van der Waals surface area contributed by atoms with E-state index in [-0.39, 0.29) is 12.5 Å². The molecule has 0 fully saturated rings. The minimum absolute atomic E-state index is 0.0461. The molecule has 0 atom stereocenters. The molecule has 1 aliphatic heterocycles. The largest absolute Gasteiger partial charge is 0.482 e. The maximum absolute atomic E-state index is 11.4. The van der Waals surface area contributed by atoms with Gasteiger partial charge in [0.15, 0.2) is 6.61 Å². The Morgan fingerprint density at radius 3 is 2.75 bits per heavy atom. The lowest BCUT2D eigenvalue weighted by Gasteiger charge is -2.25. The summed E-state index contributed by atoms with van der Waals surface area (Å²) in [6.07, 6.45) is 1.04. The van der Waals surface area contributed by atoms with E-state index in [1.165, 1.54) is 0 Å². The molecular formula is C14H22N4O2. The van der Waals surface area contributed by atoms with E-state index >= 15 is 0 Å². The van der Waals surface area contributed by atoms with Crippen LogP contribution in [0.3, 0.4) is 0 Å². The van der Waals surface area contributed by atoms with Gasteiger partial charge in [-0.15, -0.1) is 0 Å². The molecule has 0 saturated carbocycles. The van der Waals surface area contributed by atoms with E-state index in [9.17, 15) is 4.79 Å². The van der Waals surface area contributed by atoms with Gasteiger partial charge < -0.3 is 25.6 Å². The summed E-state index contributed by atoms with van der Waals surface area (Å²) in [5, 5.41) is 2.80. The Balaban J connectivity index is 2.11. The lowest BCUT2D eigenvalue weighted by molar-refractivity contribution is -0.118. The molecule has 0 saturated heterocycles. The fourth-order valence-corrected chi connectivity index (χ4v) is 2.21. The number of nitrogens with two attached hydrogens (primary N) is 1. The molecule has 1 aromatic carbocycles. The molecule has 1 heterocycles. The number of ether oxygens (including phenoxy) is 1. The minimum atomic E-state index is -0.136. The third kappa shape index (κ3) is 3.33. The minimum Gasteiger partial charge on any atom is -0.482 e. The molecule has 1 aliphatic rings. The summed E-state index contributed by atoms with van der Waals surface area (Å²) >= 11 is 0. The van der Waals surface area contributed by atoms with Crippen LogP contribution in [0.25, 0.3) is 0 Å². The first-order valence-electron chi connectivity index (χ1n) is 6.69. The second-order valence-corrected chi connectivity index (χ2v) is 5.32. The van der Waals surface area contributed by atoms with Crippen LogP contribution in [0.2, 0.25) is 0 Å². The second kappa shape index (κ2) is 6.00. The van der Waals surface area contributed by atoms with Gasteiger partial charge in [-0.2, -0.15) is 0 Å². The standard InChI is InChI=1S/C14H22N4O2/c1-17(2)5-4-6-18(3)12-8-11-13(7-10(12)15)20-9-14(19)16-11/h7-8H,4-6,9,15H2,1-3H3,(H,16,19). The van der Waals surface area contributed by atoms with E-state index in [1.54, 1.807) is 6.07 Å². The second-order valence-electron chi connectivity index (χ2n) is 5.32. The van der Waals surface area contributed by atoms with Crippen molar-refractivity contribution in [2.24, 2.45) is 0 Å².